The van der Waals surface area contributed by atoms with Gasteiger partial charge in [0, 0.05) is 42.8 Å². The minimum atomic E-state index is -0.249. The number of aryl methyl sites for hydroxylation is 1. The quantitative estimate of drug-likeness (QED) is 0.846. The third kappa shape index (κ3) is 4.53. The zero-order valence-corrected chi connectivity index (χ0v) is 16.2. The van der Waals surface area contributed by atoms with Gasteiger partial charge in [-0.25, -0.2) is 9.97 Å². The Morgan fingerprint density at radius 1 is 1.30 bits per heavy atom. The van der Waals surface area contributed by atoms with Gasteiger partial charge in [-0.15, -0.1) is 0 Å². The first-order chi connectivity index (χ1) is 13.0. The van der Waals surface area contributed by atoms with Crippen molar-refractivity contribution in [1.29, 1.82) is 0 Å². The van der Waals surface area contributed by atoms with E-state index in [1.807, 2.05) is 13.8 Å². The van der Waals surface area contributed by atoms with Crippen molar-refractivity contribution < 1.29 is 4.79 Å². The zero-order valence-electron chi connectivity index (χ0n) is 16.2. The predicted octanol–water partition coefficient (Wildman–Crippen LogP) is 2.73. The smallest absolute Gasteiger partial charge is 0.253 e. The van der Waals surface area contributed by atoms with Gasteiger partial charge < -0.3 is 15.2 Å². The molecule has 27 heavy (non-hydrogen) atoms. The molecule has 2 N–H and O–H groups in total. The monoisotopic (exact) mass is 369 g/mol. The van der Waals surface area contributed by atoms with E-state index in [2.05, 4.69) is 32.2 Å². The molecule has 2 heterocycles. The first kappa shape index (κ1) is 19.1. The number of aromatic amines is 1. The molecule has 1 fully saturated rings. The highest BCUT2D eigenvalue weighted by Crippen LogP contribution is 2.25. The molecule has 7 nitrogen and oxygen atoms in total. The second kappa shape index (κ2) is 8.33. The highest BCUT2D eigenvalue weighted by Gasteiger charge is 2.21. The topological polar surface area (TPSA) is 91.0 Å². The Bertz CT molecular complexity index is 837. The van der Waals surface area contributed by atoms with E-state index >= 15 is 0 Å². The molecule has 0 bridgehead atoms. The molecule has 1 aliphatic rings. The molecule has 3 rings (SSSR count). The lowest BCUT2D eigenvalue weighted by atomic mass is 9.95. The first-order valence-corrected chi connectivity index (χ1v) is 9.51. The van der Waals surface area contributed by atoms with Crippen molar-refractivity contribution in [3.05, 3.63) is 51.7 Å². The second-order valence-electron chi connectivity index (χ2n) is 7.25. The molecule has 144 valence electrons. The van der Waals surface area contributed by atoms with Crippen LogP contribution in [-0.2, 0) is 0 Å². The fourth-order valence-corrected chi connectivity index (χ4v) is 3.60. The number of pyridine rings is 1. The summed E-state index contributed by atoms with van der Waals surface area (Å²) in [5.74, 6) is 0.490. The molecule has 0 spiro atoms. The van der Waals surface area contributed by atoms with Crippen LogP contribution in [0.4, 0.5) is 5.95 Å². The van der Waals surface area contributed by atoms with Gasteiger partial charge in [-0.3, -0.25) is 9.59 Å². The van der Waals surface area contributed by atoms with Gasteiger partial charge in [0.2, 0.25) is 11.5 Å². The Hall–Kier alpha value is -2.70. The van der Waals surface area contributed by atoms with Crippen LogP contribution in [0.2, 0.25) is 0 Å². The Labute approximate surface area is 159 Å². The summed E-state index contributed by atoms with van der Waals surface area (Å²) in [6.45, 7) is 3.84. The minimum Gasteiger partial charge on any atom is -0.345 e. The summed E-state index contributed by atoms with van der Waals surface area (Å²) < 4.78 is 0. The maximum Gasteiger partial charge on any atom is 0.253 e. The van der Waals surface area contributed by atoms with Crippen LogP contribution in [0.1, 0.15) is 66.7 Å². The van der Waals surface area contributed by atoms with E-state index in [0.29, 0.717) is 11.6 Å². The van der Waals surface area contributed by atoms with Crippen LogP contribution >= 0.6 is 0 Å². The van der Waals surface area contributed by atoms with Crippen LogP contribution < -0.4 is 15.8 Å². The Balaban J connectivity index is 1.69. The molecule has 1 atom stereocenters. The van der Waals surface area contributed by atoms with Gasteiger partial charge in [-0.05, 0) is 32.8 Å². The van der Waals surface area contributed by atoms with Crippen molar-refractivity contribution in [2.75, 3.05) is 11.9 Å². The summed E-state index contributed by atoms with van der Waals surface area (Å²) in [5.41, 5.74) is 1.92. The lowest BCUT2D eigenvalue weighted by Gasteiger charge is -2.31. The second-order valence-corrected chi connectivity index (χ2v) is 7.25. The molecule has 7 heteroatoms. The molecule has 1 amide bonds. The molecule has 0 aromatic carbocycles. The third-order valence-electron chi connectivity index (χ3n) is 5.30. The van der Waals surface area contributed by atoms with Gasteiger partial charge in [0.1, 0.15) is 0 Å². The van der Waals surface area contributed by atoms with E-state index in [1.54, 1.807) is 6.20 Å². The van der Waals surface area contributed by atoms with Crippen LogP contribution in [0, 0.1) is 6.92 Å². The average Bonchev–Trinajstić information content (AvgIpc) is 2.68. The zero-order chi connectivity index (χ0) is 19.4. The maximum absolute atomic E-state index is 12.4. The molecular weight excluding hydrogens is 342 g/mol. The van der Waals surface area contributed by atoms with Gasteiger partial charge in [-0.2, -0.15) is 0 Å². The molecule has 0 aliphatic heterocycles. The predicted molar refractivity (Wildman–Crippen MR) is 105 cm³/mol. The fraction of sp³-hybridized carbons (Fsp3) is 0.500. The van der Waals surface area contributed by atoms with Crippen LogP contribution in [0.25, 0.3) is 0 Å². The number of H-pyrrole nitrogens is 1. The van der Waals surface area contributed by atoms with E-state index < -0.39 is 0 Å². The number of hydrogen-bond acceptors (Lipinski definition) is 5. The molecule has 0 radical (unpaired) electrons. The Morgan fingerprint density at radius 3 is 2.67 bits per heavy atom. The normalized spacial score (nSPS) is 16.0. The summed E-state index contributed by atoms with van der Waals surface area (Å²) >= 11 is 0. The lowest BCUT2D eigenvalue weighted by molar-refractivity contribution is 0.0939. The number of anilines is 1. The number of amides is 1. The minimum absolute atomic E-state index is 0.235. The van der Waals surface area contributed by atoms with Crippen molar-refractivity contribution >= 4 is 11.9 Å². The van der Waals surface area contributed by atoms with Gasteiger partial charge in [-0.1, -0.05) is 19.3 Å². The molecule has 2 aromatic rings. The van der Waals surface area contributed by atoms with E-state index in [-0.39, 0.29) is 17.5 Å². The number of carbonyl (C=O) groups is 1. The molecular formula is C20H27N5O2. The van der Waals surface area contributed by atoms with Crippen LogP contribution in [0.15, 0.2) is 29.3 Å². The molecule has 0 saturated heterocycles. The lowest BCUT2D eigenvalue weighted by Crippen LogP contribution is -2.35. The first-order valence-electron chi connectivity index (χ1n) is 9.51. The van der Waals surface area contributed by atoms with Gasteiger partial charge in [0.15, 0.2) is 0 Å². The van der Waals surface area contributed by atoms with E-state index in [4.69, 9.17) is 0 Å². The highest BCUT2D eigenvalue weighted by molar-refractivity contribution is 5.94. The van der Waals surface area contributed by atoms with Crippen molar-refractivity contribution in [3.63, 3.8) is 0 Å². The van der Waals surface area contributed by atoms with Crippen molar-refractivity contribution in [2.45, 2.75) is 58.0 Å². The van der Waals surface area contributed by atoms with E-state index in [1.165, 1.54) is 50.4 Å². The molecule has 2 aromatic heterocycles. The Kier molecular flexibility index (Phi) is 5.88. The number of carbonyl (C=O) groups excluding carboxylic acids is 1. The standard InChI is InChI=1S/C20H27N5O2/c1-13(23-19(27)15-9-10-18(26)21-11-15)17-12-22-20(24-14(17)2)25(3)16-7-5-4-6-8-16/h9-13,16H,4-8H2,1-3H3,(H,21,26)(H,23,27)/t13-/m0/s1. The summed E-state index contributed by atoms with van der Waals surface area (Å²) in [6.07, 6.45) is 9.43. The third-order valence-corrected chi connectivity index (χ3v) is 5.30. The van der Waals surface area contributed by atoms with Gasteiger partial charge in [0.25, 0.3) is 5.91 Å². The Morgan fingerprint density at radius 2 is 2.04 bits per heavy atom. The number of aromatic nitrogens is 3. The van der Waals surface area contributed by atoms with Crippen LogP contribution in [0.5, 0.6) is 0 Å². The fourth-order valence-electron chi connectivity index (χ4n) is 3.60. The number of nitrogens with zero attached hydrogens (tertiary/aromatic N) is 3. The van der Waals surface area contributed by atoms with E-state index in [0.717, 1.165) is 17.2 Å². The molecule has 0 unspecified atom stereocenters. The highest BCUT2D eigenvalue weighted by atomic mass is 16.2. The summed E-state index contributed by atoms with van der Waals surface area (Å²) in [4.78, 5) is 37.4. The van der Waals surface area contributed by atoms with Crippen molar-refractivity contribution in [2.24, 2.45) is 0 Å². The van der Waals surface area contributed by atoms with Crippen LogP contribution in [0.3, 0.4) is 0 Å². The molecule has 1 saturated carbocycles. The summed E-state index contributed by atoms with van der Waals surface area (Å²) in [6, 6.07) is 3.11. The SMILES string of the molecule is Cc1nc(N(C)C2CCCCC2)ncc1[C@H](C)NC(=O)c1ccc(=O)[nH]c1. The number of rotatable bonds is 5. The number of hydrogen-bond donors (Lipinski definition) is 2. The van der Waals surface area contributed by atoms with Crippen LogP contribution in [-0.4, -0.2) is 33.9 Å². The van der Waals surface area contributed by atoms with Gasteiger partial charge >= 0.3 is 0 Å². The molecule has 1 aliphatic carbocycles. The summed E-state index contributed by atoms with van der Waals surface area (Å²) in [7, 11) is 2.06. The van der Waals surface area contributed by atoms with Crippen molar-refractivity contribution in [3.8, 4) is 0 Å². The average molecular weight is 369 g/mol. The largest absolute Gasteiger partial charge is 0.345 e. The van der Waals surface area contributed by atoms with Gasteiger partial charge in [0.05, 0.1) is 11.6 Å². The summed E-state index contributed by atoms with van der Waals surface area (Å²) in [5, 5.41) is 2.93. The van der Waals surface area contributed by atoms with Crippen molar-refractivity contribution in [1.82, 2.24) is 20.3 Å². The maximum atomic E-state index is 12.4. The van der Waals surface area contributed by atoms with E-state index in [9.17, 15) is 9.59 Å². The number of nitrogens with one attached hydrogen (secondary N) is 2.